The van der Waals surface area contributed by atoms with Crippen LogP contribution < -0.4 is 0 Å². The number of carbonyl (C=O) groups is 1. The summed E-state index contributed by atoms with van der Waals surface area (Å²) in [5.41, 5.74) is 3.07. The highest BCUT2D eigenvalue weighted by molar-refractivity contribution is 5.93. The van der Waals surface area contributed by atoms with Gasteiger partial charge in [-0.15, -0.1) is 0 Å². The van der Waals surface area contributed by atoms with E-state index in [-0.39, 0.29) is 17.6 Å². The molecule has 1 aliphatic rings. The highest BCUT2D eigenvalue weighted by atomic mass is 19.1. The summed E-state index contributed by atoms with van der Waals surface area (Å²) < 4.78 is 15.3. The molecule has 0 atom stereocenters. The van der Waals surface area contributed by atoms with Crippen LogP contribution in [0.4, 0.5) is 4.39 Å². The molecule has 6 nitrogen and oxygen atoms in total. The second-order valence-electron chi connectivity index (χ2n) is 7.51. The van der Waals surface area contributed by atoms with Crippen LogP contribution in [0.15, 0.2) is 67.1 Å². The molecule has 0 aliphatic carbocycles. The summed E-state index contributed by atoms with van der Waals surface area (Å²) in [6.07, 6.45) is 6.78. The Morgan fingerprint density at radius 1 is 1.03 bits per heavy atom. The first-order valence-electron chi connectivity index (χ1n) is 9.99. The average molecular weight is 401 g/mol. The van der Waals surface area contributed by atoms with Crippen molar-refractivity contribution in [2.45, 2.75) is 18.8 Å². The molecule has 4 heterocycles. The molecule has 1 fully saturated rings. The van der Waals surface area contributed by atoms with Crippen LogP contribution >= 0.6 is 0 Å². The number of halogens is 1. The first kappa shape index (κ1) is 18.4. The molecule has 0 radical (unpaired) electrons. The molecule has 3 aromatic heterocycles. The minimum atomic E-state index is -0.264. The van der Waals surface area contributed by atoms with E-state index in [4.69, 9.17) is 0 Å². The number of hydrogen-bond acceptors (Lipinski definition) is 4. The molecule has 5 rings (SSSR count). The fourth-order valence-electron chi connectivity index (χ4n) is 3.92. The van der Waals surface area contributed by atoms with E-state index in [1.165, 1.54) is 12.1 Å². The van der Waals surface area contributed by atoms with Crippen molar-refractivity contribution in [3.8, 4) is 11.1 Å². The number of nitrogens with zero attached hydrogens (tertiary/aromatic N) is 5. The zero-order chi connectivity index (χ0) is 20.5. The van der Waals surface area contributed by atoms with E-state index in [1.54, 1.807) is 35.1 Å². The van der Waals surface area contributed by atoms with Crippen molar-refractivity contribution in [2.75, 3.05) is 13.1 Å². The SMILES string of the molecule is O=C(c1cccnc1)N1CCC(c2nc3ccc(-c4cccc(F)c4)cn3n2)CC1. The van der Waals surface area contributed by atoms with Gasteiger partial charge < -0.3 is 4.90 Å². The van der Waals surface area contributed by atoms with Gasteiger partial charge >= 0.3 is 0 Å². The van der Waals surface area contributed by atoms with Crippen LogP contribution in [0.25, 0.3) is 16.8 Å². The van der Waals surface area contributed by atoms with Crippen LogP contribution in [0, 0.1) is 5.82 Å². The zero-order valence-corrected chi connectivity index (χ0v) is 16.3. The molecule has 150 valence electrons. The van der Waals surface area contributed by atoms with Gasteiger partial charge in [-0.3, -0.25) is 9.78 Å². The molecule has 4 aromatic rings. The zero-order valence-electron chi connectivity index (χ0n) is 16.3. The third-order valence-electron chi connectivity index (χ3n) is 5.56. The summed E-state index contributed by atoms with van der Waals surface area (Å²) in [4.78, 5) is 23.2. The van der Waals surface area contributed by atoms with Gasteiger partial charge in [0.1, 0.15) is 5.82 Å². The van der Waals surface area contributed by atoms with E-state index in [0.717, 1.165) is 35.4 Å². The van der Waals surface area contributed by atoms with Crippen molar-refractivity contribution < 1.29 is 9.18 Å². The fraction of sp³-hybridized carbons (Fsp3) is 0.217. The number of likely N-dealkylation sites (tertiary alicyclic amines) is 1. The number of fused-ring (bicyclic) bond motifs is 1. The largest absolute Gasteiger partial charge is 0.339 e. The van der Waals surface area contributed by atoms with Crippen LogP contribution in [0.3, 0.4) is 0 Å². The number of benzene rings is 1. The monoisotopic (exact) mass is 401 g/mol. The van der Waals surface area contributed by atoms with Crippen molar-refractivity contribution in [3.05, 3.63) is 84.3 Å². The molecular formula is C23H20FN5O. The highest BCUT2D eigenvalue weighted by Gasteiger charge is 2.27. The smallest absolute Gasteiger partial charge is 0.255 e. The van der Waals surface area contributed by atoms with Gasteiger partial charge in [-0.1, -0.05) is 12.1 Å². The van der Waals surface area contributed by atoms with Gasteiger partial charge in [-0.05, 0) is 54.8 Å². The van der Waals surface area contributed by atoms with Crippen molar-refractivity contribution >= 4 is 11.6 Å². The van der Waals surface area contributed by atoms with Crippen molar-refractivity contribution in [1.29, 1.82) is 0 Å². The third-order valence-corrected chi connectivity index (χ3v) is 5.56. The van der Waals surface area contributed by atoms with Crippen molar-refractivity contribution in [2.24, 2.45) is 0 Å². The van der Waals surface area contributed by atoms with Crippen LogP contribution in [0.1, 0.15) is 34.9 Å². The van der Waals surface area contributed by atoms with Gasteiger partial charge in [0.05, 0.1) is 5.56 Å². The number of hydrogen-bond donors (Lipinski definition) is 0. The maximum absolute atomic E-state index is 13.5. The second-order valence-corrected chi connectivity index (χ2v) is 7.51. The molecular weight excluding hydrogens is 381 g/mol. The van der Waals surface area contributed by atoms with Gasteiger partial charge in [0.15, 0.2) is 11.5 Å². The van der Waals surface area contributed by atoms with E-state index in [2.05, 4.69) is 15.1 Å². The first-order chi connectivity index (χ1) is 14.7. The van der Waals surface area contributed by atoms with Crippen LogP contribution in [0.5, 0.6) is 0 Å². The quantitative estimate of drug-likeness (QED) is 0.521. The summed E-state index contributed by atoms with van der Waals surface area (Å²) in [5.74, 6) is 0.754. The van der Waals surface area contributed by atoms with Gasteiger partial charge in [-0.2, -0.15) is 5.10 Å². The molecule has 1 amide bonds. The lowest BCUT2D eigenvalue weighted by Crippen LogP contribution is -2.38. The molecule has 30 heavy (non-hydrogen) atoms. The molecule has 7 heteroatoms. The Morgan fingerprint density at radius 2 is 1.90 bits per heavy atom. The first-order valence-corrected chi connectivity index (χ1v) is 9.99. The van der Waals surface area contributed by atoms with E-state index < -0.39 is 0 Å². The number of pyridine rings is 2. The van der Waals surface area contributed by atoms with E-state index in [9.17, 15) is 9.18 Å². The van der Waals surface area contributed by atoms with E-state index >= 15 is 0 Å². The maximum atomic E-state index is 13.5. The molecule has 0 unspecified atom stereocenters. The molecule has 0 saturated carbocycles. The van der Waals surface area contributed by atoms with Crippen molar-refractivity contribution in [1.82, 2.24) is 24.5 Å². The Hall–Kier alpha value is -3.61. The topological polar surface area (TPSA) is 63.4 Å². The standard InChI is InChI=1S/C23H20FN5O/c24-20-5-1-3-17(13-20)19-6-7-21-26-22(27-29(21)15-19)16-8-11-28(12-9-16)23(30)18-4-2-10-25-14-18/h1-7,10,13-16H,8-9,11-12H2. The summed E-state index contributed by atoms with van der Waals surface area (Å²) in [6, 6.07) is 13.9. The van der Waals surface area contributed by atoms with E-state index in [1.807, 2.05) is 29.3 Å². The summed E-state index contributed by atoms with van der Waals surface area (Å²) in [5, 5.41) is 4.67. The summed E-state index contributed by atoms with van der Waals surface area (Å²) >= 11 is 0. The minimum absolute atomic E-state index is 0.0178. The predicted molar refractivity (Wildman–Crippen MR) is 110 cm³/mol. The summed E-state index contributed by atoms with van der Waals surface area (Å²) in [6.45, 7) is 1.34. The predicted octanol–water partition coefficient (Wildman–Crippen LogP) is 3.95. The number of carbonyl (C=O) groups excluding carboxylic acids is 1. The number of piperidine rings is 1. The lowest BCUT2D eigenvalue weighted by atomic mass is 9.96. The van der Waals surface area contributed by atoms with Crippen LogP contribution in [-0.2, 0) is 0 Å². The van der Waals surface area contributed by atoms with Gasteiger partial charge in [0.2, 0.25) is 0 Å². The minimum Gasteiger partial charge on any atom is -0.339 e. The van der Waals surface area contributed by atoms with Crippen LogP contribution in [-0.4, -0.2) is 43.5 Å². The number of rotatable bonds is 3. The van der Waals surface area contributed by atoms with Crippen molar-refractivity contribution in [3.63, 3.8) is 0 Å². The molecule has 0 N–H and O–H groups in total. The molecule has 1 saturated heterocycles. The lowest BCUT2D eigenvalue weighted by molar-refractivity contribution is 0.0710. The molecule has 1 aromatic carbocycles. The highest BCUT2D eigenvalue weighted by Crippen LogP contribution is 2.28. The Morgan fingerprint density at radius 3 is 2.67 bits per heavy atom. The maximum Gasteiger partial charge on any atom is 0.255 e. The Balaban J connectivity index is 1.32. The number of aromatic nitrogens is 4. The number of amides is 1. The Kier molecular flexibility index (Phi) is 4.71. The van der Waals surface area contributed by atoms with Gasteiger partial charge in [-0.25, -0.2) is 13.9 Å². The molecule has 0 bridgehead atoms. The van der Waals surface area contributed by atoms with E-state index in [0.29, 0.717) is 18.7 Å². The average Bonchev–Trinajstić information content (AvgIpc) is 3.23. The van der Waals surface area contributed by atoms with Gasteiger partial charge in [0, 0.05) is 43.2 Å². The second kappa shape index (κ2) is 7.67. The normalized spacial score (nSPS) is 14.9. The van der Waals surface area contributed by atoms with Crippen LogP contribution in [0.2, 0.25) is 0 Å². The Labute approximate surface area is 173 Å². The Bertz CT molecular complexity index is 1200. The third kappa shape index (κ3) is 3.54. The lowest BCUT2D eigenvalue weighted by Gasteiger charge is -2.30. The molecule has 0 spiro atoms. The molecule has 1 aliphatic heterocycles. The summed E-state index contributed by atoms with van der Waals surface area (Å²) in [7, 11) is 0. The van der Waals surface area contributed by atoms with Gasteiger partial charge in [0.25, 0.3) is 5.91 Å². The fourth-order valence-corrected chi connectivity index (χ4v) is 3.92.